The number of nitrogens with two attached hydrogens (primary N) is 1. The second-order valence-corrected chi connectivity index (χ2v) is 5.26. The summed E-state index contributed by atoms with van der Waals surface area (Å²) >= 11 is 0. The van der Waals surface area contributed by atoms with Crippen molar-refractivity contribution in [3.63, 3.8) is 0 Å². The summed E-state index contributed by atoms with van der Waals surface area (Å²) in [6.07, 6.45) is 1.13. The lowest BCUT2D eigenvalue weighted by Gasteiger charge is -2.37. The van der Waals surface area contributed by atoms with Crippen LogP contribution >= 0.6 is 0 Å². The van der Waals surface area contributed by atoms with Crippen LogP contribution in [0.2, 0.25) is 0 Å². The van der Waals surface area contributed by atoms with Crippen molar-refractivity contribution in [3.05, 3.63) is 29.8 Å². The number of benzene rings is 1. The lowest BCUT2D eigenvalue weighted by molar-refractivity contribution is -0.122. The molecule has 0 radical (unpaired) electrons. The fourth-order valence-corrected chi connectivity index (χ4v) is 2.33. The van der Waals surface area contributed by atoms with E-state index in [0.717, 1.165) is 17.7 Å². The van der Waals surface area contributed by atoms with Crippen molar-refractivity contribution < 1.29 is 9.53 Å². The third-order valence-corrected chi connectivity index (χ3v) is 3.08. The van der Waals surface area contributed by atoms with Gasteiger partial charge >= 0.3 is 0 Å². The van der Waals surface area contributed by atoms with Crippen molar-refractivity contribution in [2.75, 3.05) is 6.54 Å². The van der Waals surface area contributed by atoms with Gasteiger partial charge in [0.2, 0.25) is 5.91 Å². The number of nitrogens with one attached hydrogen (secondary N) is 1. The molecule has 4 nitrogen and oxygen atoms in total. The van der Waals surface area contributed by atoms with Crippen LogP contribution in [0.5, 0.6) is 5.75 Å². The van der Waals surface area contributed by atoms with Gasteiger partial charge in [-0.15, -0.1) is 0 Å². The predicted molar refractivity (Wildman–Crippen MR) is 70.3 cm³/mol. The summed E-state index contributed by atoms with van der Waals surface area (Å²) in [6, 6.07) is 7.85. The van der Waals surface area contributed by atoms with Gasteiger partial charge in [-0.05, 0) is 19.9 Å². The van der Waals surface area contributed by atoms with Gasteiger partial charge in [0.05, 0.1) is 6.04 Å². The molecule has 0 saturated heterocycles. The Hall–Kier alpha value is -1.55. The van der Waals surface area contributed by atoms with E-state index in [1.165, 1.54) is 0 Å². The minimum Gasteiger partial charge on any atom is -0.487 e. The number of carbonyl (C=O) groups is 1. The number of ether oxygens (including phenoxy) is 1. The first-order chi connectivity index (χ1) is 8.52. The normalized spacial score (nSPS) is 20.7. The molecule has 0 spiro atoms. The zero-order valence-electron chi connectivity index (χ0n) is 10.9. The molecular formula is C14H20N2O2. The third-order valence-electron chi connectivity index (χ3n) is 3.08. The Bertz CT molecular complexity index is 443. The zero-order chi connectivity index (χ0) is 13.2. The lowest BCUT2D eigenvalue weighted by atomic mass is 9.89. The highest BCUT2D eigenvalue weighted by atomic mass is 16.5. The van der Waals surface area contributed by atoms with Gasteiger partial charge in [-0.2, -0.15) is 0 Å². The van der Waals surface area contributed by atoms with Crippen molar-refractivity contribution >= 4 is 5.91 Å². The molecule has 1 heterocycles. The van der Waals surface area contributed by atoms with E-state index in [1.807, 2.05) is 38.1 Å². The number of amides is 1. The van der Waals surface area contributed by atoms with Crippen molar-refractivity contribution in [2.45, 2.75) is 38.3 Å². The molecular weight excluding hydrogens is 228 g/mol. The average molecular weight is 248 g/mol. The van der Waals surface area contributed by atoms with Crippen molar-refractivity contribution in [2.24, 2.45) is 5.73 Å². The van der Waals surface area contributed by atoms with Crippen LogP contribution in [0.3, 0.4) is 0 Å². The fourth-order valence-electron chi connectivity index (χ4n) is 2.33. The highest BCUT2D eigenvalue weighted by Gasteiger charge is 2.34. The molecule has 2 rings (SSSR count). The Morgan fingerprint density at radius 3 is 2.94 bits per heavy atom. The van der Waals surface area contributed by atoms with Crippen LogP contribution in [-0.4, -0.2) is 18.1 Å². The Labute approximate surface area is 108 Å². The highest BCUT2D eigenvalue weighted by molar-refractivity contribution is 5.76. The van der Waals surface area contributed by atoms with Crippen LogP contribution in [-0.2, 0) is 4.79 Å². The Kier molecular flexibility index (Phi) is 3.57. The second-order valence-electron chi connectivity index (χ2n) is 5.26. The molecule has 0 saturated carbocycles. The van der Waals surface area contributed by atoms with E-state index in [0.29, 0.717) is 13.0 Å². The maximum atomic E-state index is 11.7. The molecule has 3 N–H and O–H groups in total. The molecule has 1 atom stereocenters. The van der Waals surface area contributed by atoms with Gasteiger partial charge in [0.1, 0.15) is 11.4 Å². The van der Waals surface area contributed by atoms with Crippen molar-refractivity contribution in [1.82, 2.24) is 5.32 Å². The van der Waals surface area contributed by atoms with Gasteiger partial charge < -0.3 is 15.8 Å². The summed E-state index contributed by atoms with van der Waals surface area (Å²) in [5.74, 6) is 0.849. The SMILES string of the molecule is CC1(C)CC(NC(=O)CCN)c2ccccc2O1. The standard InChI is InChI=1S/C14H20N2O2/c1-14(2)9-11(16-13(17)7-8-15)10-5-3-4-6-12(10)18-14/h3-6,11H,7-9,15H2,1-2H3,(H,16,17). The topological polar surface area (TPSA) is 64.4 Å². The minimum absolute atomic E-state index is 0.00370. The van der Waals surface area contributed by atoms with Gasteiger partial charge in [0, 0.05) is 24.9 Å². The molecule has 4 heteroatoms. The molecule has 0 aliphatic carbocycles. The first kappa shape index (κ1) is 12.9. The Morgan fingerprint density at radius 2 is 2.22 bits per heavy atom. The summed E-state index contributed by atoms with van der Waals surface area (Å²) < 4.78 is 5.92. The van der Waals surface area contributed by atoms with Gasteiger partial charge in [-0.3, -0.25) is 4.79 Å². The zero-order valence-corrected chi connectivity index (χ0v) is 10.9. The summed E-state index contributed by atoms with van der Waals surface area (Å²) in [6.45, 7) is 4.44. The number of carbonyl (C=O) groups excluding carboxylic acids is 1. The maximum absolute atomic E-state index is 11.7. The molecule has 1 amide bonds. The molecule has 0 aromatic heterocycles. The van der Waals surface area contributed by atoms with E-state index in [-0.39, 0.29) is 17.6 Å². The molecule has 1 aliphatic heterocycles. The van der Waals surface area contributed by atoms with Gasteiger partial charge in [-0.1, -0.05) is 18.2 Å². The summed E-state index contributed by atoms with van der Waals surface area (Å²) in [5.41, 5.74) is 6.17. The molecule has 0 bridgehead atoms. The molecule has 0 fully saturated rings. The fraction of sp³-hybridized carbons (Fsp3) is 0.500. The smallest absolute Gasteiger partial charge is 0.221 e. The number of para-hydroxylation sites is 1. The molecule has 18 heavy (non-hydrogen) atoms. The first-order valence-electron chi connectivity index (χ1n) is 6.29. The van der Waals surface area contributed by atoms with Crippen LogP contribution in [0.1, 0.15) is 38.3 Å². The lowest BCUT2D eigenvalue weighted by Crippen LogP contribution is -2.41. The Balaban J connectivity index is 2.22. The van der Waals surface area contributed by atoms with Gasteiger partial charge in [0.15, 0.2) is 0 Å². The van der Waals surface area contributed by atoms with Gasteiger partial charge in [0.25, 0.3) is 0 Å². The summed E-state index contributed by atoms with van der Waals surface area (Å²) in [5, 5.41) is 3.03. The van der Waals surface area contributed by atoms with E-state index >= 15 is 0 Å². The number of hydrogen-bond donors (Lipinski definition) is 2. The Morgan fingerprint density at radius 1 is 1.50 bits per heavy atom. The first-order valence-corrected chi connectivity index (χ1v) is 6.29. The van der Waals surface area contributed by atoms with Crippen LogP contribution in [0.4, 0.5) is 0 Å². The molecule has 1 aromatic carbocycles. The summed E-state index contributed by atoms with van der Waals surface area (Å²) in [7, 11) is 0. The monoisotopic (exact) mass is 248 g/mol. The van der Waals surface area contributed by atoms with E-state index < -0.39 is 0 Å². The van der Waals surface area contributed by atoms with E-state index in [9.17, 15) is 4.79 Å². The quantitative estimate of drug-likeness (QED) is 0.856. The molecule has 1 unspecified atom stereocenters. The minimum atomic E-state index is -0.269. The predicted octanol–water partition coefficient (Wildman–Crippen LogP) is 1.75. The number of rotatable bonds is 3. The van der Waals surface area contributed by atoms with Crippen LogP contribution in [0.25, 0.3) is 0 Å². The average Bonchev–Trinajstić information content (AvgIpc) is 2.27. The van der Waals surface area contributed by atoms with E-state index in [4.69, 9.17) is 10.5 Å². The van der Waals surface area contributed by atoms with Gasteiger partial charge in [-0.25, -0.2) is 0 Å². The summed E-state index contributed by atoms with van der Waals surface area (Å²) in [4.78, 5) is 11.7. The van der Waals surface area contributed by atoms with Crippen molar-refractivity contribution in [1.29, 1.82) is 0 Å². The van der Waals surface area contributed by atoms with Crippen LogP contribution in [0.15, 0.2) is 24.3 Å². The maximum Gasteiger partial charge on any atom is 0.221 e. The molecule has 1 aliphatic rings. The van der Waals surface area contributed by atoms with E-state index in [1.54, 1.807) is 0 Å². The van der Waals surface area contributed by atoms with Crippen LogP contribution < -0.4 is 15.8 Å². The number of hydrogen-bond acceptors (Lipinski definition) is 3. The second kappa shape index (κ2) is 4.98. The van der Waals surface area contributed by atoms with Crippen molar-refractivity contribution in [3.8, 4) is 5.75 Å². The molecule has 1 aromatic rings. The van der Waals surface area contributed by atoms with E-state index in [2.05, 4.69) is 5.32 Å². The largest absolute Gasteiger partial charge is 0.487 e. The molecule has 98 valence electrons. The third kappa shape index (κ3) is 2.82. The highest BCUT2D eigenvalue weighted by Crippen LogP contribution is 2.39. The number of fused-ring (bicyclic) bond motifs is 1. The van der Waals surface area contributed by atoms with Crippen LogP contribution in [0, 0.1) is 0 Å².